The molecule has 0 amide bonds. The summed E-state index contributed by atoms with van der Waals surface area (Å²) < 4.78 is 14.5. The van der Waals surface area contributed by atoms with Crippen LogP contribution in [-0.2, 0) is 0 Å². The van der Waals surface area contributed by atoms with Crippen LogP contribution in [-0.4, -0.2) is 0 Å². The summed E-state index contributed by atoms with van der Waals surface area (Å²) in [6, 6.07) is 6.04. The Morgan fingerprint density at radius 3 is 2.54 bits per heavy atom. The van der Waals surface area contributed by atoms with E-state index < -0.39 is 0 Å². The smallest absolute Gasteiger partial charge is 0.129 e. The average molecular weight is 403 g/mol. The largest absolute Gasteiger partial charge is 0.376 e. The van der Waals surface area contributed by atoms with Crippen molar-refractivity contribution in [2.24, 2.45) is 5.92 Å². The van der Waals surface area contributed by atoms with Crippen LogP contribution in [0.5, 0.6) is 0 Å². The van der Waals surface area contributed by atoms with Gasteiger partial charge in [0.25, 0.3) is 0 Å². The summed E-state index contributed by atoms with van der Waals surface area (Å²) >= 11 is 25.3. The molecular weight excluding hydrogens is 391 g/mol. The Hall–Kier alpha value is -0.930. The zero-order chi connectivity index (χ0) is 17.0. The molecule has 0 saturated heterocycles. The van der Waals surface area contributed by atoms with E-state index >= 15 is 0 Å². The molecule has 0 fully saturated rings. The molecule has 0 unspecified atom stereocenters. The van der Waals surface area contributed by atoms with Crippen LogP contribution in [0.15, 0.2) is 36.4 Å². The van der Waals surface area contributed by atoms with Crippen molar-refractivity contribution >= 4 is 52.1 Å². The lowest BCUT2D eigenvalue weighted by Gasteiger charge is -2.39. The first-order chi connectivity index (χ1) is 11.5. The van der Waals surface area contributed by atoms with Gasteiger partial charge in [-0.05, 0) is 30.5 Å². The quantitative estimate of drug-likeness (QED) is 0.390. The van der Waals surface area contributed by atoms with E-state index in [1.54, 1.807) is 18.2 Å². The van der Waals surface area contributed by atoms with Crippen LogP contribution in [0.4, 0.5) is 10.1 Å². The van der Waals surface area contributed by atoms with Crippen molar-refractivity contribution in [2.75, 3.05) is 5.32 Å². The number of nitrogens with one attached hydrogen (secondary N) is 1. The molecular formula is C18H12Cl4FN. The number of fused-ring (bicyclic) bond motifs is 3. The molecule has 124 valence electrons. The number of anilines is 1. The van der Waals surface area contributed by atoms with Gasteiger partial charge < -0.3 is 5.32 Å². The van der Waals surface area contributed by atoms with Crippen molar-refractivity contribution in [1.29, 1.82) is 0 Å². The van der Waals surface area contributed by atoms with Gasteiger partial charge in [0.15, 0.2) is 0 Å². The maximum absolute atomic E-state index is 14.5. The van der Waals surface area contributed by atoms with Gasteiger partial charge in [-0.15, -0.1) is 0 Å². The van der Waals surface area contributed by atoms with Gasteiger partial charge in [-0.2, -0.15) is 0 Å². The predicted molar refractivity (Wildman–Crippen MR) is 99.2 cm³/mol. The lowest BCUT2D eigenvalue weighted by atomic mass is 9.77. The van der Waals surface area contributed by atoms with Gasteiger partial charge in [-0.1, -0.05) is 64.6 Å². The molecule has 0 bridgehead atoms. The predicted octanol–water partition coefficient (Wildman–Crippen LogP) is 7.27. The van der Waals surface area contributed by atoms with Gasteiger partial charge in [0, 0.05) is 22.1 Å². The van der Waals surface area contributed by atoms with Gasteiger partial charge in [0.1, 0.15) is 5.82 Å². The highest BCUT2D eigenvalue weighted by Gasteiger charge is 2.42. The van der Waals surface area contributed by atoms with Crippen molar-refractivity contribution in [1.82, 2.24) is 0 Å². The third kappa shape index (κ3) is 2.43. The molecule has 24 heavy (non-hydrogen) atoms. The Morgan fingerprint density at radius 1 is 1.00 bits per heavy atom. The van der Waals surface area contributed by atoms with Crippen molar-refractivity contribution in [3.8, 4) is 0 Å². The first kappa shape index (κ1) is 16.5. The number of allylic oxidation sites excluding steroid dienone is 2. The van der Waals surface area contributed by atoms with Gasteiger partial charge in [-0.3, -0.25) is 0 Å². The second-order valence-electron chi connectivity index (χ2n) is 6.05. The first-order valence-corrected chi connectivity index (χ1v) is 9.04. The van der Waals surface area contributed by atoms with E-state index in [-0.39, 0.29) is 23.7 Å². The minimum Gasteiger partial charge on any atom is -0.376 e. The summed E-state index contributed by atoms with van der Waals surface area (Å²) in [5.41, 5.74) is 2.03. The molecule has 0 radical (unpaired) electrons. The third-order valence-corrected chi connectivity index (χ3v) is 6.22. The number of rotatable bonds is 1. The molecule has 6 heteroatoms. The average Bonchev–Trinajstić information content (AvgIpc) is 3.01. The van der Waals surface area contributed by atoms with Crippen molar-refractivity contribution in [2.45, 2.75) is 18.4 Å². The molecule has 0 aromatic heterocycles. The second-order valence-corrected chi connectivity index (χ2v) is 7.65. The molecule has 0 saturated carbocycles. The summed E-state index contributed by atoms with van der Waals surface area (Å²) in [4.78, 5) is 0. The fourth-order valence-electron chi connectivity index (χ4n) is 3.76. The molecule has 1 aliphatic carbocycles. The highest BCUT2D eigenvalue weighted by atomic mass is 35.5. The second kappa shape index (κ2) is 6.10. The Balaban J connectivity index is 1.92. The topological polar surface area (TPSA) is 12.0 Å². The van der Waals surface area contributed by atoms with Crippen molar-refractivity contribution in [3.63, 3.8) is 0 Å². The monoisotopic (exact) mass is 401 g/mol. The van der Waals surface area contributed by atoms with E-state index in [0.29, 0.717) is 31.3 Å². The highest BCUT2D eigenvalue weighted by Crippen LogP contribution is 2.55. The zero-order valence-corrected chi connectivity index (χ0v) is 15.3. The van der Waals surface area contributed by atoms with Gasteiger partial charge in [0.2, 0.25) is 0 Å². The molecule has 0 spiro atoms. The number of hydrogen-bond acceptors (Lipinski definition) is 1. The number of benzene rings is 2. The Morgan fingerprint density at radius 2 is 1.79 bits per heavy atom. The Labute approximate surface area is 159 Å². The first-order valence-electron chi connectivity index (χ1n) is 7.53. The minimum absolute atomic E-state index is 0.0191. The van der Waals surface area contributed by atoms with E-state index in [0.717, 1.165) is 12.0 Å². The van der Waals surface area contributed by atoms with Gasteiger partial charge in [0.05, 0.1) is 26.8 Å². The molecule has 4 rings (SSSR count). The maximum atomic E-state index is 14.5. The fourth-order valence-corrected chi connectivity index (χ4v) is 4.84. The van der Waals surface area contributed by atoms with Crippen LogP contribution in [0.1, 0.15) is 29.5 Å². The third-order valence-electron chi connectivity index (χ3n) is 4.79. The van der Waals surface area contributed by atoms with Crippen LogP contribution >= 0.6 is 46.4 Å². The van der Waals surface area contributed by atoms with Crippen molar-refractivity contribution in [3.05, 3.63) is 73.5 Å². The highest BCUT2D eigenvalue weighted by molar-refractivity contribution is 6.44. The molecule has 2 aromatic carbocycles. The van der Waals surface area contributed by atoms with Crippen LogP contribution in [0, 0.1) is 11.7 Å². The lowest BCUT2D eigenvalue weighted by molar-refractivity contribution is 0.413. The normalized spacial score (nSPS) is 24.5. The lowest BCUT2D eigenvalue weighted by Crippen LogP contribution is -2.30. The van der Waals surface area contributed by atoms with Crippen LogP contribution < -0.4 is 5.32 Å². The summed E-state index contributed by atoms with van der Waals surface area (Å²) in [5, 5.41) is 5.14. The van der Waals surface area contributed by atoms with E-state index in [9.17, 15) is 4.39 Å². The molecule has 1 N–H and O–H groups in total. The summed E-state index contributed by atoms with van der Waals surface area (Å²) in [7, 11) is 0. The van der Waals surface area contributed by atoms with E-state index in [4.69, 9.17) is 46.4 Å². The maximum Gasteiger partial charge on any atom is 0.129 e. The Bertz CT molecular complexity index is 844. The molecule has 1 heterocycles. The van der Waals surface area contributed by atoms with Gasteiger partial charge >= 0.3 is 0 Å². The van der Waals surface area contributed by atoms with E-state index in [1.165, 1.54) is 6.07 Å². The summed E-state index contributed by atoms with van der Waals surface area (Å²) in [5.74, 6) is -0.213. The molecule has 2 aliphatic rings. The molecule has 3 atom stereocenters. The minimum atomic E-state index is -0.328. The van der Waals surface area contributed by atoms with Crippen LogP contribution in [0.3, 0.4) is 0 Å². The fraction of sp³-hybridized carbons (Fsp3) is 0.222. The SMILES string of the molecule is Fc1cccc(Cl)c1[C@@H]1Nc2c(Cl)cc(Cl)c(Cl)c2[C@H]2C=CC[C@H]21. The molecule has 1 nitrogen and oxygen atoms in total. The zero-order valence-electron chi connectivity index (χ0n) is 12.3. The Kier molecular flexibility index (Phi) is 4.20. The summed E-state index contributed by atoms with van der Waals surface area (Å²) in [6.45, 7) is 0. The molecule has 1 aliphatic heterocycles. The summed E-state index contributed by atoms with van der Waals surface area (Å²) in [6.07, 6.45) is 4.97. The number of hydrogen-bond donors (Lipinski definition) is 1. The van der Waals surface area contributed by atoms with Crippen LogP contribution in [0.2, 0.25) is 20.1 Å². The number of halogens is 5. The van der Waals surface area contributed by atoms with E-state index in [1.807, 2.05) is 0 Å². The van der Waals surface area contributed by atoms with Crippen LogP contribution in [0.25, 0.3) is 0 Å². The van der Waals surface area contributed by atoms with E-state index in [2.05, 4.69) is 17.5 Å². The molecule has 2 aromatic rings. The standard InChI is InChI=1S/C18H12Cl4FN/c19-10-5-2-6-13(23)15(10)17-9-4-1-3-8(9)14-16(22)11(20)7-12(21)18(14)24-17/h1-3,5-9,17,24H,4H2/t8-,9+,17+/m0/s1. The van der Waals surface area contributed by atoms with Crippen molar-refractivity contribution < 1.29 is 4.39 Å². The van der Waals surface area contributed by atoms with Gasteiger partial charge in [-0.25, -0.2) is 4.39 Å².